The number of hydrogen-bond acceptors (Lipinski definition) is 6. The van der Waals surface area contributed by atoms with Gasteiger partial charge in [-0.15, -0.1) is 0 Å². The van der Waals surface area contributed by atoms with E-state index in [0.29, 0.717) is 31.9 Å². The first-order valence-corrected chi connectivity index (χ1v) is 13.0. The number of anilines is 1. The molecule has 0 aliphatic carbocycles. The van der Waals surface area contributed by atoms with Gasteiger partial charge < -0.3 is 29.3 Å². The number of nitrogens with zero attached hydrogens (tertiary/aromatic N) is 1. The van der Waals surface area contributed by atoms with E-state index in [1.165, 1.54) is 0 Å². The molecule has 0 aromatic heterocycles. The van der Waals surface area contributed by atoms with E-state index >= 15 is 0 Å². The van der Waals surface area contributed by atoms with E-state index in [2.05, 4.69) is 0 Å². The van der Waals surface area contributed by atoms with Crippen LogP contribution in [0.4, 0.5) is 5.69 Å². The molecule has 0 saturated carbocycles. The first kappa shape index (κ1) is 27.6. The molecule has 0 radical (unpaired) electrons. The van der Waals surface area contributed by atoms with Crippen molar-refractivity contribution in [3.63, 3.8) is 0 Å². The molecule has 1 atom stereocenters. The highest BCUT2D eigenvalue weighted by Crippen LogP contribution is 2.38. The second-order valence-corrected chi connectivity index (χ2v) is 9.30. The molecule has 2 N–H and O–H groups in total. The van der Waals surface area contributed by atoms with E-state index in [4.69, 9.17) is 19.3 Å². The number of hydrogen-bond donors (Lipinski definition) is 2. The molecule has 0 fully saturated rings. The molecule has 8 heteroatoms. The fourth-order valence-electron chi connectivity index (χ4n) is 4.30. The molecule has 4 rings (SSSR count). The summed E-state index contributed by atoms with van der Waals surface area (Å²) in [4.78, 5) is 24.5. The molecule has 3 aromatic rings. The minimum atomic E-state index is -1.06. The standard InChI is InChI=1S/C31H33NO7/c1-22-7-2-3-10-27(22)38-20-6-19-37-25-16-13-23(14-17-25)12-15-24-8-4-9-26-30(24)39-28(31(35)36)21-32(26)18-5-11-29(33)34/h2-4,7-10,12-17,28H,5-6,11,18-21H2,1H3,(H,33,34)(H,35,36). The summed E-state index contributed by atoms with van der Waals surface area (Å²) >= 11 is 0. The lowest BCUT2D eigenvalue weighted by Crippen LogP contribution is -2.45. The number of para-hydroxylation sites is 2. The van der Waals surface area contributed by atoms with Crippen molar-refractivity contribution in [1.29, 1.82) is 0 Å². The summed E-state index contributed by atoms with van der Waals surface area (Å²) < 4.78 is 17.5. The minimum absolute atomic E-state index is 0.0187. The second-order valence-electron chi connectivity index (χ2n) is 9.30. The molecular weight excluding hydrogens is 498 g/mol. The van der Waals surface area contributed by atoms with Gasteiger partial charge in [-0.3, -0.25) is 4.79 Å². The summed E-state index contributed by atoms with van der Waals surface area (Å²) in [5.74, 6) is 0.210. The van der Waals surface area contributed by atoms with Gasteiger partial charge in [0, 0.05) is 24.9 Å². The summed E-state index contributed by atoms with van der Waals surface area (Å²) in [7, 11) is 0. The minimum Gasteiger partial charge on any atom is -0.493 e. The van der Waals surface area contributed by atoms with E-state index in [0.717, 1.165) is 40.3 Å². The predicted octanol–water partition coefficient (Wildman–Crippen LogP) is 5.53. The van der Waals surface area contributed by atoms with Crippen LogP contribution in [-0.4, -0.2) is 54.6 Å². The van der Waals surface area contributed by atoms with Crippen molar-refractivity contribution in [3.8, 4) is 17.2 Å². The van der Waals surface area contributed by atoms with Gasteiger partial charge in [-0.25, -0.2) is 4.79 Å². The Balaban J connectivity index is 1.35. The van der Waals surface area contributed by atoms with Gasteiger partial charge >= 0.3 is 11.9 Å². The van der Waals surface area contributed by atoms with E-state index in [1.54, 1.807) is 0 Å². The van der Waals surface area contributed by atoms with Crippen LogP contribution < -0.4 is 19.1 Å². The molecule has 0 spiro atoms. The number of fused-ring (bicyclic) bond motifs is 1. The Morgan fingerprint density at radius 1 is 0.949 bits per heavy atom. The van der Waals surface area contributed by atoms with Crippen LogP contribution in [0.1, 0.15) is 36.0 Å². The van der Waals surface area contributed by atoms with E-state index in [9.17, 15) is 14.7 Å². The first-order valence-electron chi connectivity index (χ1n) is 13.0. The summed E-state index contributed by atoms with van der Waals surface area (Å²) in [5, 5.41) is 18.6. The van der Waals surface area contributed by atoms with E-state index < -0.39 is 18.0 Å². The Hall–Kier alpha value is -4.46. The van der Waals surface area contributed by atoms with Gasteiger partial charge in [0.15, 0.2) is 5.75 Å². The zero-order valence-electron chi connectivity index (χ0n) is 21.9. The average Bonchev–Trinajstić information content (AvgIpc) is 2.93. The topological polar surface area (TPSA) is 106 Å². The Morgan fingerprint density at radius 2 is 1.72 bits per heavy atom. The number of benzene rings is 3. The van der Waals surface area contributed by atoms with Gasteiger partial charge in [-0.1, -0.05) is 54.6 Å². The molecule has 1 unspecified atom stereocenters. The predicted molar refractivity (Wildman–Crippen MR) is 150 cm³/mol. The fraction of sp³-hybridized carbons (Fsp3) is 0.290. The Kier molecular flexibility index (Phi) is 9.45. The quantitative estimate of drug-likeness (QED) is 0.219. The van der Waals surface area contributed by atoms with Crippen molar-refractivity contribution in [2.45, 2.75) is 32.3 Å². The third-order valence-corrected chi connectivity index (χ3v) is 6.35. The van der Waals surface area contributed by atoms with Crippen LogP contribution in [0.5, 0.6) is 17.2 Å². The normalized spacial score (nSPS) is 14.5. The smallest absolute Gasteiger partial charge is 0.346 e. The van der Waals surface area contributed by atoms with Crippen LogP contribution in [0.3, 0.4) is 0 Å². The number of carboxylic acids is 2. The lowest BCUT2D eigenvalue weighted by Gasteiger charge is -2.35. The van der Waals surface area contributed by atoms with Gasteiger partial charge in [0.1, 0.15) is 11.5 Å². The zero-order chi connectivity index (χ0) is 27.6. The number of carbonyl (C=O) groups is 2. The Labute approximate surface area is 228 Å². The van der Waals surface area contributed by atoms with Gasteiger partial charge in [0.25, 0.3) is 0 Å². The SMILES string of the molecule is Cc1ccccc1OCCCOc1ccc(C=Cc2cccc3c2OC(C(=O)O)CN3CCCC(=O)O)cc1. The summed E-state index contributed by atoms with van der Waals surface area (Å²) in [6.07, 6.45) is 3.98. The van der Waals surface area contributed by atoms with Crippen molar-refractivity contribution in [2.24, 2.45) is 0 Å². The van der Waals surface area contributed by atoms with Crippen LogP contribution in [0.25, 0.3) is 12.2 Å². The molecule has 0 amide bonds. The highest BCUT2D eigenvalue weighted by atomic mass is 16.5. The van der Waals surface area contributed by atoms with E-state index in [-0.39, 0.29) is 13.0 Å². The summed E-state index contributed by atoms with van der Waals surface area (Å²) in [5.41, 5.74) is 3.57. The molecule has 3 aromatic carbocycles. The van der Waals surface area contributed by atoms with Crippen molar-refractivity contribution < 1.29 is 34.0 Å². The molecule has 1 aliphatic rings. The highest BCUT2D eigenvalue weighted by Gasteiger charge is 2.31. The van der Waals surface area contributed by atoms with Crippen molar-refractivity contribution in [1.82, 2.24) is 0 Å². The average molecular weight is 532 g/mol. The number of aryl methyl sites for hydroxylation is 1. The van der Waals surface area contributed by atoms with Crippen LogP contribution >= 0.6 is 0 Å². The van der Waals surface area contributed by atoms with Gasteiger partial charge in [0.05, 0.1) is 25.4 Å². The summed E-state index contributed by atoms with van der Waals surface area (Å²) in [6, 6.07) is 21.3. The third-order valence-electron chi connectivity index (χ3n) is 6.35. The molecular formula is C31H33NO7. The largest absolute Gasteiger partial charge is 0.493 e. The monoisotopic (exact) mass is 531 g/mol. The lowest BCUT2D eigenvalue weighted by atomic mass is 10.1. The molecule has 0 bridgehead atoms. The molecule has 8 nitrogen and oxygen atoms in total. The number of ether oxygens (including phenoxy) is 3. The van der Waals surface area contributed by atoms with Crippen molar-refractivity contribution >= 4 is 29.8 Å². The maximum Gasteiger partial charge on any atom is 0.346 e. The van der Waals surface area contributed by atoms with Gasteiger partial charge in [-0.2, -0.15) is 0 Å². The molecule has 39 heavy (non-hydrogen) atoms. The van der Waals surface area contributed by atoms with Gasteiger partial charge in [0.2, 0.25) is 6.10 Å². The lowest BCUT2D eigenvalue weighted by molar-refractivity contribution is -0.145. The summed E-state index contributed by atoms with van der Waals surface area (Å²) in [6.45, 7) is 3.73. The number of rotatable bonds is 13. The molecule has 1 heterocycles. The number of aliphatic carboxylic acids is 2. The Morgan fingerprint density at radius 3 is 2.46 bits per heavy atom. The molecule has 204 valence electrons. The second kappa shape index (κ2) is 13.4. The molecule has 1 aliphatic heterocycles. The Bertz CT molecular complexity index is 1300. The third kappa shape index (κ3) is 7.77. The first-order chi connectivity index (χ1) is 18.9. The number of carboxylic acid groups (broad SMARTS) is 2. The van der Waals surface area contributed by atoms with Crippen molar-refractivity contribution in [2.75, 3.05) is 31.2 Å². The van der Waals surface area contributed by atoms with Crippen molar-refractivity contribution in [3.05, 3.63) is 83.4 Å². The van der Waals surface area contributed by atoms with Crippen LogP contribution in [0, 0.1) is 6.92 Å². The van der Waals surface area contributed by atoms with E-state index in [1.807, 2.05) is 90.7 Å². The fourth-order valence-corrected chi connectivity index (χ4v) is 4.30. The highest BCUT2D eigenvalue weighted by molar-refractivity contribution is 5.81. The van der Waals surface area contributed by atoms with Gasteiger partial charge in [-0.05, 0) is 48.7 Å². The maximum atomic E-state index is 11.7. The van der Waals surface area contributed by atoms with Crippen LogP contribution in [0.2, 0.25) is 0 Å². The van der Waals surface area contributed by atoms with Crippen LogP contribution in [0.15, 0.2) is 66.7 Å². The zero-order valence-corrected chi connectivity index (χ0v) is 21.9. The van der Waals surface area contributed by atoms with Crippen LogP contribution in [-0.2, 0) is 9.59 Å². The molecule has 0 saturated heterocycles. The maximum absolute atomic E-state index is 11.7.